The molecule has 0 saturated carbocycles. The summed E-state index contributed by atoms with van der Waals surface area (Å²) in [5.74, 6) is 0. The first-order valence-corrected chi connectivity index (χ1v) is 7.18. The van der Waals surface area contributed by atoms with Gasteiger partial charge in [-0.3, -0.25) is 0 Å². The van der Waals surface area contributed by atoms with Crippen molar-refractivity contribution in [2.75, 3.05) is 5.32 Å². The molecule has 0 aliphatic heterocycles. The lowest BCUT2D eigenvalue weighted by atomic mass is 10.2. The second kappa shape index (κ2) is 6.55. The van der Waals surface area contributed by atoms with Gasteiger partial charge in [0.15, 0.2) is 0 Å². The van der Waals surface area contributed by atoms with Crippen LogP contribution in [0.15, 0.2) is 71.0 Å². The van der Waals surface area contributed by atoms with Crippen molar-refractivity contribution in [2.45, 2.75) is 11.8 Å². The lowest BCUT2D eigenvalue weighted by Gasteiger charge is -2.11. The van der Waals surface area contributed by atoms with Gasteiger partial charge in [0.05, 0.1) is 0 Å². The molecule has 0 atom stereocenters. The summed E-state index contributed by atoms with van der Waals surface area (Å²) in [6.07, 6.45) is 0. The van der Waals surface area contributed by atoms with Crippen molar-refractivity contribution in [2.24, 2.45) is 0 Å². The van der Waals surface area contributed by atoms with E-state index < -0.39 is 0 Å². The van der Waals surface area contributed by atoms with E-state index in [0.717, 1.165) is 10.6 Å². The van der Waals surface area contributed by atoms with E-state index in [1.165, 1.54) is 10.5 Å². The van der Waals surface area contributed by atoms with E-state index in [0.29, 0.717) is 4.99 Å². The van der Waals surface area contributed by atoms with Gasteiger partial charge in [-0.15, -0.1) is 0 Å². The lowest BCUT2D eigenvalue weighted by molar-refractivity contribution is 1.31. The second-order valence-corrected chi connectivity index (χ2v) is 5.66. The molecule has 0 aliphatic rings. The highest BCUT2D eigenvalue weighted by Crippen LogP contribution is 2.29. The lowest BCUT2D eigenvalue weighted by Crippen LogP contribution is -2.09. The van der Waals surface area contributed by atoms with Crippen molar-refractivity contribution in [1.82, 2.24) is 0 Å². The number of nitrogens with one attached hydrogen (secondary N) is 1. The predicted molar refractivity (Wildman–Crippen MR) is 88.8 cm³/mol. The Hall–Kier alpha value is -1.58. The number of para-hydroxylation sites is 1. The normalized spacial score (nSPS) is 9.95. The van der Waals surface area contributed by atoms with Gasteiger partial charge in [0, 0.05) is 15.5 Å². The Balaban J connectivity index is 2.01. The van der Waals surface area contributed by atoms with Gasteiger partial charge in [-0.25, -0.2) is 0 Å². The molecule has 0 spiro atoms. The predicted octanol–water partition coefficient (Wildman–Crippen LogP) is 5.04. The van der Waals surface area contributed by atoms with Crippen molar-refractivity contribution in [1.29, 1.82) is 0 Å². The first-order chi connectivity index (χ1) is 9.16. The Morgan fingerprint density at radius 1 is 1.05 bits per heavy atom. The molecule has 3 heteroatoms. The Kier molecular flexibility index (Phi) is 4.77. The molecule has 0 amide bonds. The van der Waals surface area contributed by atoms with E-state index in [1.54, 1.807) is 11.8 Å². The van der Waals surface area contributed by atoms with Crippen LogP contribution >= 0.6 is 24.0 Å². The van der Waals surface area contributed by atoms with Gasteiger partial charge in [-0.05, 0) is 30.7 Å². The van der Waals surface area contributed by atoms with Crippen molar-refractivity contribution in [3.63, 3.8) is 0 Å². The van der Waals surface area contributed by atoms with Gasteiger partial charge in [-0.2, -0.15) is 0 Å². The molecule has 0 unspecified atom stereocenters. The quantitative estimate of drug-likeness (QED) is 0.480. The monoisotopic (exact) mass is 285 g/mol. The van der Waals surface area contributed by atoms with Crippen molar-refractivity contribution < 1.29 is 0 Å². The van der Waals surface area contributed by atoms with Gasteiger partial charge in [0.25, 0.3) is 0 Å². The molecule has 0 saturated heterocycles. The number of thiocarbonyl (C=S) groups is 1. The third kappa shape index (κ3) is 3.94. The van der Waals surface area contributed by atoms with Gasteiger partial charge in [0.1, 0.15) is 4.99 Å². The van der Waals surface area contributed by atoms with Gasteiger partial charge in [-0.1, -0.05) is 67.0 Å². The summed E-state index contributed by atoms with van der Waals surface area (Å²) in [6.45, 7) is 6.13. The van der Waals surface area contributed by atoms with Crippen LogP contribution < -0.4 is 5.32 Å². The van der Waals surface area contributed by atoms with Crippen LogP contribution in [0.5, 0.6) is 0 Å². The standard InChI is InChI=1S/C16H15NS2/c1-12-8-6-7-11-15(12)19-13(2)16(18)17-14-9-4-3-5-10-14/h3-11H,2H2,1H3,(H,17,18). The minimum Gasteiger partial charge on any atom is -0.346 e. The molecule has 96 valence electrons. The number of hydrogen-bond acceptors (Lipinski definition) is 2. The zero-order chi connectivity index (χ0) is 13.7. The van der Waals surface area contributed by atoms with E-state index in [9.17, 15) is 0 Å². The molecule has 19 heavy (non-hydrogen) atoms. The van der Waals surface area contributed by atoms with E-state index in [2.05, 4.69) is 31.0 Å². The molecular formula is C16H15NS2. The SMILES string of the molecule is C=C(Sc1ccccc1C)C(=S)Nc1ccccc1. The van der Waals surface area contributed by atoms with Crippen LogP contribution in [0.4, 0.5) is 5.69 Å². The second-order valence-electron chi connectivity index (χ2n) is 4.11. The maximum absolute atomic E-state index is 5.37. The highest BCUT2D eigenvalue weighted by molar-refractivity contribution is 8.05. The average Bonchev–Trinajstić information content (AvgIpc) is 2.42. The molecule has 0 bridgehead atoms. The summed E-state index contributed by atoms with van der Waals surface area (Å²) in [4.78, 5) is 2.71. The number of anilines is 1. The van der Waals surface area contributed by atoms with Crippen LogP contribution in [0.25, 0.3) is 0 Å². The van der Waals surface area contributed by atoms with Gasteiger partial charge in [0.2, 0.25) is 0 Å². The number of benzene rings is 2. The summed E-state index contributed by atoms with van der Waals surface area (Å²) in [5, 5.41) is 3.19. The molecule has 0 radical (unpaired) electrons. The van der Waals surface area contributed by atoms with Crippen LogP contribution in [-0.2, 0) is 0 Å². The van der Waals surface area contributed by atoms with Crippen LogP contribution in [-0.4, -0.2) is 4.99 Å². The molecule has 2 rings (SSSR count). The molecule has 1 nitrogen and oxygen atoms in total. The molecule has 0 heterocycles. The maximum Gasteiger partial charge on any atom is 0.117 e. The van der Waals surface area contributed by atoms with E-state index >= 15 is 0 Å². The molecule has 2 aromatic rings. The zero-order valence-corrected chi connectivity index (χ0v) is 12.4. The van der Waals surface area contributed by atoms with Gasteiger partial charge >= 0.3 is 0 Å². The summed E-state index contributed by atoms with van der Waals surface area (Å²) in [7, 11) is 0. The van der Waals surface area contributed by atoms with Crippen LogP contribution in [0.3, 0.4) is 0 Å². The topological polar surface area (TPSA) is 12.0 Å². The van der Waals surface area contributed by atoms with E-state index in [-0.39, 0.29) is 0 Å². The van der Waals surface area contributed by atoms with Crippen molar-refractivity contribution in [3.05, 3.63) is 71.6 Å². The van der Waals surface area contributed by atoms with Crippen LogP contribution in [0.1, 0.15) is 5.56 Å². The minimum atomic E-state index is 0.666. The van der Waals surface area contributed by atoms with Gasteiger partial charge < -0.3 is 5.32 Å². The molecule has 1 N–H and O–H groups in total. The fraction of sp³-hybridized carbons (Fsp3) is 0.0625. The van der Waals surface area contributed by atoms with Crippen molar-refractivity contribution in [3.8, 4) is 0 Å². The third-order valence-electron chi connectivity index (χ3n) is 2.61. The molecule has 2 aromatic carbocycles. The number of thioether (sulfide) groups is 1. The van der Waals surface area contributed by atoms with Crippen LogP contribution in [0.2, 0.25) is 0 Å². The first-order valence-electron chi connectivity index (χ1n) is 5.95. The Morgan fingerprint density at radius 3 is 2.37 bits per heavy atom. The fourth-order valence-corrected chi connectivity index (χ4v) is 2.60. The smallest absolute Gasteiger partial charge is 0.117 e. The Morgan fingerprint density at radius 2 is 1.68 bits per heavy atom. The minimum absolute atomic E-state index is 0.666. The van der Waals surface area contributed by atoms with Crippen molar-refractivity contribution >= 4 is 34.7 Å². The molecular weight excluding hydrogens is 270 g/mol. The number of rotatable bonds is 4. The zero-order valence-electron chi connectivity index (χ0n) is 10.7. The summed E-state index contributed by atoms with van der Waals surface area (Å²) < 4.78 is 0. The largest absolute Gasteiger partial charge is 0.346 e. The van der Waals surface area contributed by atoms with E-state index in [1.807, 2.05) is 42.5 Å². The molecule has 0 aliphatic carbocycles. The highest BCUT2D eigenvalue weighted by atomic mass is 32.2. The summed E-state index contributed by atoms with van der Waals surface area (Å²) in [6, 6.07) is 18.1. The summed E-state index contributed by atoms with van der Waals surface area (Å²) in [5.41, 5.74) is 2.22. The molecule has 0 fully saturated rings. The third-order valence-corrected chi connectivity index (χ3v) is 4.22. The fourth-order valence-electron chi connectivity index (χ4n) is 1.57. The Labute approximate surface area is 123 Å². The number of hydrogen-bond donors (Lipinski definition) is 1. The Bertz CT molecular complexity index is 591. The highest BCUT2D eigenvalue weighted by Gasteiger charge is 2.06. The van der Waals surface area contributed by atoms with Crippen LogP contribution in [0, 0.1) is 6.92 Å². The first kappa shape index (κ1) is 13.8. The number of aryl methyl sites for hydroxylation is 1. The molecule has 0 aromatic heterocycles. The summed E-state index contributed by atoms with van der Waals surface area (Å²) >= 11 is 6.97. The maximum atomic E-state index is 5.37. The average molecular weight is 285 g/mol. The van der Waals surface area contributed by atoms with E-state index in [4.69, 9.17) is 12.2 Å².